The van der Waals surface area contributed by atoms with E-state index in [9.17, 15) is 22.8 Å². The molecule has 0 radical (unpaired) electrons. The van der Waals surface area contributed by atoms with E-state index in [1.165, 1.54) is 28.9 Å². The van der Waals surface area contributed by atoms with E-state index in [1.807, 2.05) is 24.3 Å². The van der Waals surface area contributed by atoms with E-state index in [2.05, 4.69) is 20.0 Å². The molecule has 2 N–H and O–H groups in total. The minimum Gasteiger partial charge on any atom is -0.468 e. The highest BCUT2D eigenvalue weighted by atomic mass is 32.2. The monoisotopic (exact) mass is 464 g/mol. The van der Waals surface area contributed by atoms with Crippen molar-refractivity contribution in [2.45, 2.75) is 18.8 Å². The van der Waals surface area contributed by atoms with Gasteiger partial charge >= 0.3 is 6.18 Å². The van der Waals surface area contributed by atoms with E-state index in [0.29, 0.717) is 22.8 Å². The average molecular weight is 464 g/mol. The van der Waals surface area contributed by atoms with Crippen molar-refractivity contribution in [3.8, 4) is 5.88 Å². The van der Waals surface area contributed by atoms with Gasteiger partial charge in [-0.05, 0) is 17.7 Å². The van der Waals surface area contributed by atoms with Crippen LogP contribution in [0.3, 0.4) is 0 Å². The third-order valence-corrected chi connectivity index (χ3v) is 5.93. The lowest BCUT2D eigenvalue weighted by Gasteiger charge is -2.23. The fourth-order valence-corrected chi connectivity index (χ4v) is 4.52. The van der Waals surface area contributed by atoms with Gasteiger partial charge in [-0.25, -0.2) is 4.98 Å². The Morgan fingerprint density at radius 1 is 1.28 bits per heavy atom. The molecule has 1 aliphatic heterocycles. The number of ether oxygens (including phenoxy) is 1. The number of amides is 2. The Bertz CT molecular complexity index is 1130. The number of aromatic nitrogens is 2. The highest BCUT2D eigenvalue weighted by molar-refractivity contribution is 7.99. The maximum absolute atomic E-state index is 13.1. The Labute approximate surface area is 185 Å². The van der Waals surface area contributed by atoms with Crippen LogP contribution in [0.1, 0.15) is 15.9 Å². The van der Waals surface area contributed by atoms with Crippen LogP contribution in [0.2, 0.25) is 0 Å². The largest absolute Gasteiger partial charge is 0.468 e. The van der Waals surface area contributed by atoms with Crippen molar-refractivity contribution in [1.29, 1.82) is 0 Å². The Morgan fingerprint density at radius 2 is 2.09 bits per heavy atom. The first kappa shape index (κ1) is 22.0. The number of aromatic amines is 1. The summed E-state index contributed by atoms with van der Waals surface area (Å²) >= 11 is 1.48. The molecular weight excluding hydrogens is 445 g/mol. The van der Waals surface area contributed by atoms with Crippen LogP contribution in [-0.4, -0.2) is 57.1 Å². The zero-order chi connectivity index (χ0) is 22.7. The van der Waals surface area contributed by atoms with E-state index in [-0.39, 0.29) is 24.2 Å². The lowest BCUT2D eigenvalue weighted by molar-refractivity contribution is -0.154. The maximum atomic E-state index is 13.1. The lowest BCUT2D eigenvalue weighted by Crippen LogP contribution is -2.47. The molecule has 3 aromatic rings. The van der Waals surface area contributed by atoms with Crippen LogP contribution < -0.4 is 10.1 Å². The van der Waals surface area contributed by atoms with E-state index in [0.717, 1.165) is 10.9 Å². The van der Waals surface area contributed by atoms with Gasteiger partial charge in [0.25, 0.3) is 5.91 Å². The summed E-state index contributed by atoms with van der Waals surface area (Å²) < 4.78 is 41.6. The Hall–Kier alpha value is -3.21. The number of nitrogens with one attached hydrogen (secondary N) is 2. The van der Waals surface area contributed by atoms with Crippen LogP contribution in [0, 0.1) is 0 Å². The number of pyridine rings is 1. The van der Waals surface area contributed by atoms with Gasteiger partial charge in [-0.15, -0.1) is 11.8 Å². The standard InChI is InChI=1S/C21H19F3N4O3S/c22-21(23,24)11-31-18-7-13(5-6-25-18)8-27-19(29)17-10-32-12-28(17)20(30)15-9-26-16-4-2-1-3-14(15)16/h1-7,9,17,26H,8,10-12H2,(H,27,29). The molecule has 7 nitrogen and oxygen atoms in total. The maximum Gasteiger partial charge on any atom is 0.422 e. The zero-order valence-electron chi connectivity index (χ0n) is 16.7. The molecule has 1 fully saturated rings. The first-order valence-corrected chi connectivity index (χ1v) is 10.8. The Kier molecular flexibility index (Phi) is 6.26. The SMILES string of the molecule is O=C(NCc1ccnc(OCC(F)(F)F)c1)C1CSCN1C(=O)c1c[nH]c2ccccc12. The van der Waals surface area contributed by atoms with Crippen molar-refractivity contribution in [3.05, 3.63) is 59.9 Å². The predicted octanol–water partition coefficient (Wildman–Crippen LogP) is 3.34. The first-order valence-electron chi connectivity index (χ1n) is 9.69. The van der Waals surface area contributed by atoms with Gasteiger partial charge in [-0.1, -0.05) is 18.2 Å². The van der Waals surface area contributed by atoms with Gasteiger partial charge in [-0.3, -0.25) is 9.59 Å². The fourth-order valence-electron chi connectivity index (χ4n) is 3.37. The summed E-state index contributed by atoms with van der Waals surface area (Å²) in [5, 5.41) is 3.54. The molecule has 0 bridgehead atoms. The Morgan fingerprint density at radius 3 is 2.91 bits per heavy atom. The average Bonchev–Trinajstić information content (AvgIpc) is 3.43. The number of alkyl halides is 3. The molecule has 2 amide bonds. The number of nitrogens with zero attached hydrogens (tertiary/aromatic N) is 2. The van der Waals surface area contributed by atoms with Crippen molar-refractivity contribution < 1.29 is 27.5 Å². The molecule has 0 spiro atoms. The molecule has 0 aliphatic carbocycles. The number of para-hydroxylation sites is 1. The molecule has 1 aliphatic rings. The number of hydrogen-bond donors (Lipinski definition) is 2. The van der Waals surface area contributed by atoms with Crippen LogP contribution in [0.25, 0.3) is 10.9 Å². The molecule has 11 heteroatoms. The van der Waals surface area contributed by atoms with Gasteiger partial charge in [0.05, 0.1) is 11.4 Å². The summed E-state index contributed by atoms with van der Waals surface area (Å²) in [5.41, 5.74) is 1.87. The highest BCUT2D eigenvalue weighted by Gasteiger charge is 2.35. The Balaban J connectivity index is 1.39. The molecule has 168 valence electrons. The molecule has 0 saturated carbocycles. The summed E-state index contributed by atoms with van der Waals surface area (Å²) in [4.78, 5) is 34.2. The van der Waals surface area contributed by atoms with Gasteiger partial charge < -0.3 is 19.9 Å². The van der Waals surface area contributed by atoms with Crippen molar-refractivity contribution in [2.24, 2.45) is 0 Å². The normalized spacial score (nSPS) is 16.3. The summed E-state index contributed by atoms with van der Waals surface area (Å²) in [6, 6.07) is 9.69. The smallest absolute Gasteiger partial charge is 0.422 e. The van der Waals surface area contributed by atoms with Crippen LogP contribution in [-0.2, 0) is 11.3 Å². The topological polar surface area (TPSA) is 87.3 Å². The molecule has 32 heavy (non-hydrogen) atoms. The van der Waals surface area contributed by atoms with Crippen molar-refractivity contribution in [1.82, 2.24) is 20.2 Å². The second kappa shape index (κ2) is 9.11. The summed E-state index contributed by atoms with van der Waals surface area (Å²) in [5.74, 6) is 0.0934. The molecule has 1 unspecified atom stereocenters. The summed E-state index contributed by atoms with van der Waals surface area (Å²) in [7, 11) is 0. The molecule has 1 saturated heterocycles. The third-order valence-electron chi connectivity index (χ3n) is 4.92. The molecule has 1 atom stereocenters. The van der Waals surface area contributed by atoms with Crippen LogP contribution >= 0.6 is 11.8 Å². The minimum atomic E-state index is -4.47. The minimum absolute atomic E-state index is 0.0695. The number of fused-ring (bicyclic) bond motifs is 1. The van der Waals surface area contributed by atoms with E-state index in [1.54, 1.807) is 12.3 Å². The van der Waals surface area contributed by atoms with E-state index >= 15 is 0 Å². The van der Waals surface area contributed by atoms with Gasteiger partial charge in [-0.2, -0.15) is 13.2 Å². The molecule has 3 heterocycles. The highest BCUT2D eigenvalue weighted by Crippen LogP contribution is 2.26. The number of thioether (sulfide) groups is 1. The van der Waals surface area contributed by atoms with Crippen LogP contribution in [0.15, 0.2) is 48.8 Å². The van der Waals surface area contributed by atoms with E-state index in [4.69, 9.17) is 0 Å². The zero-order valence-corrected chi connectivity index (χ0v) is 17.5. The van der Waals surface area contributed by atoms with Crippen molar-refractivity contribution in [3.63, 3.8) is 0 Å². The molecular formula is C21H19F3N4O3S. The van der Waals surface area contributed by atoms with Gasteiger partial charge in [0.15, 0.2) is 6.61 Å². The van der Waals surface area contributed by atoms with Gasteiger partial charge in [0.1, 0.15) is 6.04 Å². The van der Waals surface area contributed by atoms with Crippen molar-refractivity contribution in [2.75, 3.05) is 18.2 Å². The number of hydrogen-bond acceptors (Lipinski definition) is 5. The number of rotatable bonds is 6. The molecule has 1 aromatic carbocycles. The number of halogens is 3. The van der Waals surface area contributed by atoms with E-state index < -0.39 is 18.8 Å². The number of carbonyl (C=O) groups is 2. The van der Waals surface area contributed by atoms with Crippen LogP contribution in [0.5, 0.6) is 5.88 Å². The number of carbonyl (C=O) groups excluding carboxylic acids is 2. The molecule has 2 aromatic heterocycles. The second-order valence-electron chi connectivity index (χ2n) is 7.16. The number of H-pyrrole nitrogens is 1. The lowest BCUT2D eigenvalue weighted by atomic mass is 10.1. The molecule has 4 rings (SSSR count). The number of benzene rings is 1. The second-order valence-corrected chi connectivity index (χ2v) is 8.16. The van der Waals surface area contributed by atoms with Crippen LogP contribution in [0.4, 0.5) is 13.2 Å². The third kappa shape index (κ3) is 4.98. The summed E-state index contributed by atoms with van der Waals surface area (Å²) in [6.45, 7) is -1.37. The predicted molar refractivity (Wildman–Crippen MR) is 113 cm³/mol. The van der Waals surface area contributed by atoms with Gasteiger partial charge in [0.2, 0.25) is 11.8 Å². The summed E-state index contributed by atoms with van der Waals surface area (Å²) in [6.07, 6.45) is -1.51. The van der Waals surface area contributed by atoms with Gasteiger partial charge in [0, 0.05) is 41.7 Å². The van der Waals surface area contributed by atoms with Crippen molar-refractivity contribution >= 4 is 34.5 Å². The quantitative estimate of drug-likeness (QED) is 0.585. The fraction of sp³-hybridized carbons (Fsp3) is 0.286. The first-order chi connectivity index (χ1) is 15.3.